The van der Waals surface area contributed by atoms with Crippen molar-refractivity contribution >= 4 is 11.7 Å². The van der Waals surface area contributed by atoms with Crippen LogP contribution >= 0.6 is 0 Å². The van der Waals surface area contributed by atoms with Gasteiger partial charge in [-0.1, -0.05) is 128 Å². The number of para-hydroxylation sites is 1. The Balaban J connectivity index is 2.48. The van der Waals surface area contributed by atoms with Crippen molar-refractivity contribution in [2.45, 2.75) is 141 Å². The van der Waals surface area contributed by atoms with Crippen molar-refractivity contribution in [3.8, 4) is 0 Å². The zero-order chi connectivity index (χ0) is 23.3. The Hall–Kier alpha value is -1.35. The molecule has 0 saturated heterocycles. The number of benzene rings is 1. The van der Waals surface area contributed by atoms with Crippen LogP contribution in [0.5, 0.6) is 0 Å². The van der Waals surface area contributed by atoms with E-state index in [9.17, 15) is 9.90 Å². The first kappa shape index (κ1) is 28.7. The van der Waals surface area contributed by atoms with E-state index >= 15 is 0 Å². The van der Waals surface area contributed by atoms with Gasteiger partial charge in [-0.25, -0.2) is 0 Å². The molecule has 0 spiro atoms. The Morgan fingerprint density at radius 3 is 1.41 bits per heavy atom. The molecule has 3 heteroatoms. The monoisotopic (exact) mass is 445 g/mol. The van der Waals surface area contributed by atoms with Gasteiger partial charge in [-0.15, -0.1) is 0 Å². The molecule has 0 fully saturated rings. The zero-order valence-corrected chi connectivity index (χ0v) is 21.2. The molecule has 1 unspecified atom stereocenters. The number of nitrogens with two attached hydrogens (primary N) is 1. The normalized spacial score (nSPS) is 13.2. The van der Waals surface area contributed by atoms with Crippen molar-refractivity contribution in [2.24, 2.45) is 0 Å². The number of hydrogen-bond acceptors (Lipinski definition) is 2. The van der Waals surface area contributed by atoms with Crippen molar-refractivity contribution in [3.63, 3.8) is 0 Å². The molecule has 0 heterocycles. The van der Waals surface area contributed by atoms with E-state index in [1.807, 2.05) is 35.6 Å². The maximum absolute atomic E-state index is 12.4. The quantitative estimate of drug-likeness (QED) is 0.157. The predicted octanol–water partition coefficient (Wildman–Crippen LogP) is 6.82. The highest BCUT2D eigenvalue weighted by Crippen LogP contribution is 2.22. The average molecular weight is 446 g/mol. The number of unbranched alkanes of at least 4 members (excludes halogenated alkanes) is 15. The van der Waals surface area contributed by atoms with Crippen LogP contribution in [0.3, 0.4) is 0 Å². The van der Waals surface area contributed by atoms with Crippen LogP contribution < -0.4 is 10.4 Å². The summed E-state index contributed by atoms with van der Waals surface area (Å²) in [6.45, 7) is 4.50. The van der Waals surface area contributed by atoms with Gasteiger partial charge in [-0.3, -0.25) is 0 Å². The molecule has 184 valence electrons. The minimum absolute atomic E-state index is 0.705. The van der Waals surface area contributed by atoms with Crippen molar-refractivity contribution in [1.29, 1.82) is 0 Å². The van der Waals surface area contributed by atoms with Crippen LogP contribution in [0.15, 0.2) is 30.3 Å². The van der Waals surface area contributed by atoms with Gasteiger partial charge in [-0.05, 0) is 25.0 Å². The van der Waals surface area contributed by atoms with E-state index < -0.39 is 11.5 Å². The van der Waals surface area contributed by atoms with Crippen molar-refractivity contribution in [1.82, 2.24) is 0 Å². The Kier molecular flexibility index (Phi) is 17.2. The van der Waals surface area contributed by atoms with E-state index in [-0.39, 0.29) is 0 Å². The van der Waals surface area contributed by atoms with Crippen LogP contribution in [0.4, 0.5) is 5.69 Å². The first-order valence-electron chi connectivity index (χ1n) is 13.8. The molecular weight excluding hydrogens is 394 g/mol. The van der Waals surface area contributed by atoms with Gasteiger partial charge in [0.25, 0.3) is 0 Å². The number of carbonyl (C=O) groups excluding carboxylic acids is 1. The lowest BCUT2D eigenvalue weighted by Crippen LogP contribution is -2.96. The Morgan fingerprint density at radius 2 is 1.03 bits per heavy atom. The van der Waals surface area contributed by atoms with Gasteiger partial charge in [0, 0.05) is 12.8 Å². The van der Waals surface area contributed by atoms with Crippen molar-refractivity contribution in [2.75, 3.05) is 0 Å². The highest BCUT2D eigenvalue weighted by atomic mass is 16.4. The molecule has 2 N–H and O–H groups in total. The van der Waals surface area contributed by atoms with E-state index in [1.54, 1.807) is 0 Å². The van der Waals surface area contributed by atoms with Crippen LogP contribution in [0, 0.1) is 0 Å². The second-order valence-electron chi connectivity index (χ2n) is 9.80. The molecule has 0 aliphatic rings. The van der Waals surface area contributed by atoms with Gasteiger partial charge < -0.3 is 15.2 Å². The highest BCUT2D eigenvalue weighted by molar-refractivity contribution is 5.74. The molecule has 0 saturated carbocycles. The van der Waals surface area contributed by atoms with Gasteiger partial charge in [0.1, 0.15) is 17.2 Å². The topological polar surface area (TPSA) is 56.7 Å². The summed E-state index contributed by atoms with van der Waals surface area (Å²) in [7, 11) is 0. The number of hydrogen-bond donors (Lipinski definition) is 1. The molecule has 0 amide bonds. The smallest absolute Gasteiger partial charge is 0.141 e. The van der Waals surface area contributed by atoms with E-state index in [4.69, 9.17) is 0 Å². The molecule has 0 radical (unpaired) electrons. The summed E-state index contributed by atoms with van der Waals surface area (Å²) in [4.78, 5) is 12.4. The first-order chi connectivity index (χ1) is 15.6. The third-order valence-corrected chi connectivity index (χ3v) is 6.85. The number of carbonyl (C=O) groups is 1. The van der Waals surface area contributed by atoms with Gasteiger partial charge in [-0.2, -0.15) is 0 Å². The number of quaternary nitrogens is 1. The van der Waals surface area contributed by atoms with Gasteiger partial charge in [0.2, 0.25) is 0 Å². The maximum Gasteiger partial charge on any atom is 0.141 e. The van der Waals surface area contributed by atoms with Gasteiger partial charge >= 0.3 is 0 Å². The Labute approximate surface area is 198 Å². The summed E-state index contributed by atoms with van der Waals surface area (Å²) in [5.41, 5.74) is 0.178. The minimum Gasteiger partial charge on any atom is -0.544 e. The lowest BCUT2D eigenvalue weighted by molar-refractivity contribution is -0.651. The molecule has 0 aliphatic heterocycles. The molecule has 1 rings (SSSR count). The lowest BCUT2D eigenvalue weighted by Gasteiger charge is -2.32. The summed E-state index contributed by atoms with van der Waals surface area (Å²) < 4.78 is 0. The molecule has 0 aromatic heterocycles. The van der Waals surface area contributed by atoms with Crippen LogP contribution in [0.25, 0.3) is 0 Å². The Bertz CT molecular complexity index is 560. The number of rotatable bonds is 22. The minimum atomic E-state index is -0.885. The second kappa shape index (κ2) is 19.1. The molecule has 0 aliphatic carbocycles. The standard InChI is InChI=1S/C29H51NO2/c1-3-5-7-9-11-13-15-17-22-26-29(28(31)32,30-27-23-19-18-20-24-27)25-21-16-14-12-10-8-6-4-2/h18-20,23-24,30H,3-17,21-22,25-26H2,1-2H3,(H,31,32). The average Bonchev–Trinajstić information content (AvgIpc) is 2.80. The number of aliphatic carboxylic acids is 1. The van der Waals surface area contributed by atoms with E-state index in [0.717, 1.165) is 31.4 Å². The fourth-order valence-corrected chi connectivity index (χ4v) is 4.73. The van der Waals surface area contributed by atoms with Crippen LogP contribution in [0.1, 0.15) is 136 Å². The summed E-state index contributed by atoms with van der Waals surface area (Å²) in [5.74, 6) is -0.885. The van der Waals surface area contributed by atoms with Crippen molar-refractivity contribution < 1.29 is 15.2 Å². The van der Waals surface area contributed by atoms with Crippen LogP contribution in [-0.4, -0.2) is 11.5 Å². The fourth-order valence-electron chi connectivity index (χ4n) is 4.73. The largest absolute Gasteiger partial charge is 0.544 e. The SMILES string of the molecule is CCCCCCCCCCCC(CCCCCCCCCC)([NH2+]c1ccccc1)C(=O)[O-]. The molecule has 0 bridgehead atoms. The zero-order valence-electron chi connectivity index (χ0n) is 21.2. The summed E-state index contributed by atoms with van der Waals surface area (Å²) >= 11 is 0. The highest BCUT2D eigenvalue weighted by Gasteiger charge is 2.35. The van der Waals surface area contributed by atoms with Crippen LogP contribution in [0.2, 0.25) is 0 Å². The van der Waals surface area contributed by atoms with E-state index in [0.29, 0.717) is 12.8 Å². The molecular formula is C29H51NO2. The van der Waals surface area contributed by atoms with Gasteiger partial charge in [0.15, 0.2) is 0 Å². The number of carboxylic acids is 1. The summed E-state index contributed by atoms with van der Waals surface area (Å²) in [6, 6.07) is 9.99. The summed E-state index contributed by atoms with van der Waals surface area (Å²) in [5, 5.41) is 14.4. The number of carboxylic acid groups (broad SMARTS) is 1. The van der Waals surface area contributed by atoms with Crippen molar-refractivity contribution in [3.05, 3.63) is 30.3 Å². The third-order valence-electron chi connectivity index (χ3n) is 6.85. The predicted molar refractivity (Wildman–Crippen MR) is 135 cm³/mol. The lowest BCUT2D eigenvalue weighted by atomic mass is 9.85. The molecule has 1 atom stereocenters. The summed E-state index contributed by atoms with van der Waals surface area (Å²) in [6.07, 6.45) is 22.5. The fraction of sp³-hybridized carbons (Fsp3) is 0.759. The maximum atomic E-state index is 12.4. The molecule has 3 nitrogen and oxygen atoms in total. The third kappa shape index (κ3) is 13.3. The Morgan fingerprint density at radius 1 is 0.656 bits per heavy atom. The molecule has 1 aromatic carbocycles. The van der Waals surface area contributed by atoms with Crippen LogP contribution in [-0.2, 0) is 4.79 Å². The van der Waals surface area contributed by atoms with Gasteiger partial charge in [0.05, 0.1) is 0 Å². The first-order valence-corrected chi connectivity index (χ1v) is 13.8. The molecule has 32 heavy (non-hydrogen) atoms. The van der Waals surface area contributed by atoms with E-state index in [1.165, 1.54) is 83.5 Å². The molecule has 1 aromatic rings. The van der Waals surface area contributed by atoms with E-state index in [2.05, 4.69) is 13.8 Å². The second-order valence-corrected chi connectivity index (χ2v) is 9.80.